The van der Waals surface area contributed by atoms with E-state index in [9.17, 15) is 0 Å². The number of benzene rings is 2. The van der Waals surface area contributed by atoms with Crippen molar-refractivity contribution in [3.63, 3.8) is 0 Å². The molecule has 0 fully saturated rings. The molecule has 0 aromatic heterocycles. The molecule has 0 amide bonds. The van der Waals surface area contributed by atoms with Crippen LogP contribution in [0, 0.1) is 5.92 Å². The Kier molecular flexibility index (Phi) is 8.06. The Morgan fingerprint density at radius 2 is 1.47 bits per heavy atom. The normalized spacial score (nSPS) is 20.4. The van der Waals surface area contributed by atoms with Crippen LogP contribution in [0.3, 0.4) is 0 Å². The van der Waals surface area contributed by atoms with Crippen molar-refractivity contribution in [3.05, 3.63) is 91.3 Å². The number of halogens is 2. The van der Waals surface area contributed by atoms with E-state index in [4.69, 9.17) is 4.74 Å². The molecule has 0 N–H and O–H groups in total. The van der Waals surface area contributed by atoms with E-state index in [-0.39, 0.29) is 24.8 Å². The van der Waals surface area contributed by atoms with Crippen LogP contribution in [0.1, 0.15) is 48.0 Å². The smallest absolute Gasteiger partial charge is 0.147 e. The summed E-state index contributed by atoms with van der Waals surface area (Å²) >= 11 is -3.33. The largest absolute Gasteiger partial charge is 0.147 e. The zero-order chi connectivity index (χ0) is 21.9. The van der Waals surface area contributed by atoms with E-state index in [1.807, 2.05) is 0 Å². The first-order valence-electron chi connectivity index (χ1n) is 11.0. The topological polar surface area (TPSA) is 9.23 Å². The number of allylic oxidation sites excluding steroid dienone is 5. The Balaban J connectivity index is 0.00000181. The summed E-state index contributed by atoms with van der Waals surface area (Å²) in [4.78, 5) is 0. The van der Waals surface area contributed by atoms with Crippen molar-refractivity contribution >= 4 is 37.3 Å². The van der Waals surface area contributed by atoms with Crippen LogP contribution in [-0.2, 0) is 17.4 Å². The predicted molar refractivity (Wildman–Crippen MR) is 144 cm³/mol. The summed E-state index contributed by atoms with van der Waals surface area (Å²) < 4.78 is 13.1. The third-order valence-corrected chi connectivity index (χ3v) is 25.1. The molecule has 2 atom stereocenters. The Bertz CT molecular complexity index is 1200. The van der Waals surface area contributed by atoms with Gasteiger partial charge in [-0.05, 0) is 0 Å². The third-order valence-electron chi connectivity index (χ3n) is 7.84. The molecule has 2 aromatic rings. The monoisotopic (exact) mass is 564 g/mol. The van der Waals surface area contributed by atoms with Crippen LogP contribution in [0.4, 0.5) is 0 Å². The SMILES string of the molecule is COc1ccc(C2=C[CH]([Zr]([CH3])([CH3])(=[SiH2])[C]3=C(C)C(C)=C(C)C3C)c3ccccc32)cc1.Cl.Cl. The molecule has 5 heteroatoms. The van der Waals surface area contributed by atoms with E-state index in [0.717, 1.165) is 5.75 Å². The molecule has 4 rings (SSSR count). The number of ether oxygens (including phenoxy) is 1. The van der Waals surface area contributed by atoms with Gasteiger partial charge in [0.15, 0.2) is 0 Å². The van der Waals surface area contributed by atoms with Crippen LogP contribution in [0.5, 0.6) is 5.75 Å². The second-order valence-corrected chi connectivity index (χ2v) is 39.8. The summed E-state index contributed by atoms with van der Waals surface area (Å²) in [6.07, 6.45) is 2.61. The van der Waals surface area contributed by atoms with E-state index in [1.165, 1.54) is 27.8 Å². The summed E-state index contributed by atoms with van der Waals surface area (Å²) in [5, 5.41) is 0. The van der Waals surface area contributed by atoms with Crippen molar-refractivity contribution in [2.45, 2.75) is 40.6 Å². The molecule has 0 saturated carbocycles. The van der Waals surface area contributed by atoms with Gasteiger partial charge in [-0.1, -0.05) is 0 Å². The third kappa shape index (κ3) is 4.20. The zero-order valence-electron chi connectivity index (χ0n) is 20.3. The van der Waals surface area contributed by atoms with Gasteiger partial charge in [-0.3, -0.25) is 0 Å². The van der Waals surface area contributed by atoms with Gasteiger partial charge in [-0.2, -0.15) is 0 Å². The molecule has 32 heavy (non-hydrogen) atoms. The fourth-order valence-electron chi connectivity index (χ4n) is 6.01. The average Bonchev–Trinajstić information content (AvgIpc) is 3.21. The van der Waals surface area contributed by atoms with E-state index in [1.54, 1.807) is 21.5 Å². The van der Waals surface area contributed by atoms with Gasteiger partial charge >= 0.3 is 185 Å². The van der Waals surface area contributed by atoms with E-state index >= 15 is 0 Å². The summed E-state index contributed by atoms with van der Waals surface area (Å²) in [5.74, 6) is 1.49. The van der Waals surface area contributed by atoms with Crippen LogP contribution in [-0.4, -0.2) is 14.0 Å². The van der Waals surface area contributed by atoms with Crippen molar-refractivity contribution < 1.29 is 22.1 Å². The van der Waals surface area contributed by atoms with Gasteiger partial charge in [0.05, 0.1) is 0 Å². The minimum Gasteiger partial charge on any atom is -0.147 e. The van der Waals surface area contributed by atoms with Gasteiger partial charge in [-0.15, -0.1) is 24.8 Å². The molecule has 2 aromatic carbocycles. The quantitative estimate of drug-likeness (QED) is 0.346. The number of hydrogen-bond acceptors (Lipinski definition) is 1. The molecular weight excluding hydrogens is 531 g/mol. The van der Waals surface area contributed by atoms with Gasteiger partial charge in [-0.25, -0.2) is 0 Å². The maximum absolute atomic E-state index is 5.39. The molecule has 1 nitrogen and oxygen atoms in total. The molecule has 0 spiro atoms. The first-order chi connectivity index (χ1) is 14.0. The van der Waals surface area contributed by atoms with Crippen molar-refractivity contribution in [3.8, 4) is 5.75 Å². The molecular formula is C27H36Cl2OSiZr. The molecule has 2 aliphatic rings. The van der Waals surface area contributed by atoms with E-state index in [0.29, 0.717) is 9.54 Å². The van der Waals surface area contributed by atoms with E-state index < -0.39 is 17.4 Å². The Labute approximate surface area is 208 Å². The van der Waals surface area contributed by atoms with Gasteiger partial charge in [0.1, 0.15) is 0 Å². The van der Waals surface area contributed by atoms with Crippen LogP contribution in [0.2, 0.25) is 9.26 Å². The van der Waals surface area contributed by atoms with E-state index in [2.05, 4.69) is 98.4 Å². The first kappa shape index (κ1) is 27.4. The number of rotatable bonds is 4. The maximum Gasteiger partial charge on any atom is -0.147 e. The van der Waals surface area contributed by atoms with Gasteiger partial charge in [0.2, 0.25) is 0 Å². The average molecular weight is 567 g/mol. The van der Waals surface area contributed by atoms with Gasteiger partial charge < -0.3 is 0 Å². The molecule has 0 bridgehead atoms. The molecule has 2 unspecified atom stereocenters. The van der Waals surface area contributed by atoms with Crippen molar-refractivity contribution in [1.29, 1.82) is 0 Å². The van der Waals surface area contributed by atoms with Crippen LogP contribution in [0.15, 0.2) is 74.6 Å². The Hall–Kier alpha value is -0.860. The summed E-state index contributed by atoms with van der Waals surface area (Å²) in [6, 6.07) is 17.7. The number of hydrogen-bond donors (Lipinski definition) is 0. The molecule has 0 saturated heterocycles. The summed E-state index contributed by atoms with van der Waals surface area (Å²) in [7, 11) is 1.73. The maximum atomic E-state index is 5.39. The van der Waals surface area contributed by atoms with Crippen LogP contribution >= 0.6 is 24.8 Å². The fraction of sp³-hybridized carbons (Fsp3) is 0.333. The first-order valence-corrected chi connectivity index (χ1v) is 24.5. The van der Waals surface area contributed by atoms with Crippen molar-refractivity contribution in [1.82, 2.24) is 0 Å². The summed E-state index contributed by atoms with van der Waals surface area (Å²) in [6.45, 7) is 11.9. The van der Waals surface area contributed by atoms with Crippen molar-refractivity contribution in [2.24, 2.45) is 5.92 Å². The minimum atomic E-state index is -3.33. The van der Waals surface area contributed by atoms with Crippen LogP contribution in [0.25, 0.3) is 5.57 Å². The Morgan fingerprint density at radius 1 is 0.875 bits per heavy atom. The number of fused-ring (bicyclic) bond motifs is 1. The molecule has 2 aliphatic carbocycles. The molecule has 0 heterocycles. The van der Waals surface area contributed by atoms with Crippen molar-refractivity contribution in [2.75, 3.05) is 7.11 Å². The van der Waals surface area contributed by atoms with Crippen LogP contribution < -0.4 is 4.74 Å². The van der Waals surface area contributed by atoms with Gasteiger partial charge in [0, 0.05) is 0 Å². The zero-order valence-corrected chi connectivity index (χ0v) is 25.8. The minimum absolute atomic E-state index is 0. The molecule has 0 radical (unpaired) electrons. The Morgan fingerprint density at radius 3 is 2.00 bits per heavy atom. The standard InChI is InChI=1S/C16H13O.C9H13.2CH3.2ClH.H2Si.Zr/c1-17-14-9-6-13(7-10-14)16-11-8-12-4-2-3-5-15(12)16;1-6-5-7(2)9(4)8(6)3;;;;;;/h2-11H,1H3;6H,1-4H3;2*1H3;2*1H;1H2;. The predicted octanol–water partition coefficient (Wildman–Crippen LogP) is 7.62. The summed E-state index contributed by atoms with van der Waals surface area (Å²) in [5.41, 5.74) is 10.3. The molecule has 0 aliphatic heterocycles. The molecule has 172 valence electrons. The number of methoxy groups -OCH3 is 1. The second kappa shape index (κ2) is 9.41. The second-order valence-electron chi connectivity index (χ2n) is 10.3. The fourth-order valence-corrected chi connectivity index (χ4v) is 24.5. The van der Waals surface area contributed by atoms with Gasteiger partial charge in [0.25, 0.3) is 0 Å².